The van der Waals surface area contributed by atoms with Crippen molar-refractivity contribution in [3.8, 4) is 0 Å². The standard InChI is InChI=1S/C4H12N.3BrH/c1-5(2,3)4;;;/h1-4H3;3*1H/q+1;;;/p-1. The normalized spacial score (nSPS) is 7.50. The van der Waals surface area contributed by atoms with E-state index >= 15 is 0 Å². The molecule has 0 N–H and O–H groups in total. The van der Waals surface area contributed by atoms with Crippen molar-refractivity contribution in [1.29, 1.82) is 0 Å². The zero-order chi connectivity index (χ0) is 4.50. The molecule has 4 heteroatoms. The van der Waals surface area contributed by atoms with Gasteiger partial charge in [-0.05, 0) is 0 Å². The van der Waals surface area contributed by atoms with E-state index in [1.165, 1.54) is 0 Å². The molecule has 1 nitrogen and oxygen atoms in total. The fraction of sp³-hybridized carbons (Fsp3) is 1.00. The van der Waals surface area contributed by atoms with Gasteiger partial charge in [0.1, 0.15) is 0 Å². The first kappa shape index (κ1) is 22.7. The molecule has 0 unspecified atom stereocenters. The number of rotatable bonds is 0. The lowest BCUT2D eigenvalue weighted by atomic mass is 10.8. The van der Waals surface area contributed by atoms with Crippen LogP contribution in [0.5, 0.6) is 0 Å². The Morgan fingerprint density at radius 2 is 0.750 bits per heavy atom. The van der Waals surface area contributed by atoms with Gasteiger partial charge in [0.15, 0.2) is 0 Å². The quantitative estimate of drug-likeness (QED) is 0.477. The van der Waals surface area contributed by atoms with E-state index in [-0.39, 0.29) is 50.9 Å². The summed E-state index contributed by atoms with van der Waals surface area (Å²) in [7, 11) is 8.50. The highest BCUT2D eigenvalue weighted by Crippen LogP contribution is 1.73. The third-order valence-corrected chi connectivity index (χ3v) is 0. The molecule has 0 aromatic carbocycles. The van der Waals surface area contributed by atoms with E-state index in [0.717, 1.165) is 4.48 Å². The molecule has 0 spiro atoms. The topological polar surface area (TPSA) is 0 Å². The monoisotopic (exact) mass is 313 g/mol. The number of hydrogen-bond donors (Lipinski definition) is 0. The van der Waals surface area contributed by atoms with Gasteiger partial charge in [0, 0.05) is 0 Å². The summed E-state index contributed by atoms with van der Waals surface area (Å²) in [5.74, 6) is 0. The molecule has 0 amide bonds. The minimum absolute atomic E-state index is 0. The number of nitrogens with zero attached hydrogens (tertiary/aromatic N) is 1. The number of hydrogen-bond acceptors (Lipinski definition) is 0. The van der Waals surface area contributed by atoms with Gasteiger partial charge in [0.2, 0.25) is 0 Å². The van der Waals surface area contributed by atoms with Crippen LogP contribution in [-0.2, 0) is 0 Å². The van der Waals surface area contributed by atoms with E-state index in [9.17, 15) is 0 Å². The zero-order valence-electron chi connectivity index (χ0n) is 5.64. The Kier molecular flexibility index (Phi) is 23.9. The highest BCUT2D eigenvalue weighted by atomic mass is 79.9. The lowest BCUT2D eigenvalue weighted by molar-refractivity contribution is -0.849. The first-order chi connectivity index (χ1) is 2.00. The molecule has 0 saturated carbocycles. The van der Waals surface area contributed by atoms with Crippen LogP contribution in [0.25, 0.3) is 0 Å². The van der Waals surface area contributed by atoms with Gasteiger partial charge in [-0.25, -0.2) is 0 Å². The maximum Gasteiger partial charge on any atom is 0.0675 e. The van der Waals surface area contributed by atoms with Crippen molar-refractivity contribution in [2.75, 3.05) is 28.2 Å². The predicted octanol–water partition coefficient (Wildman–Crippen LogP) is -1.52. The van der Waals surface area contributed by atoms with Crippen molar-refractivity contribution in [3.05, 3.63) is 0 Å². The van der Waals surface area contributed by atoms with E-state index < -0.39 is 0 Å². The third-order valence-electron chi connectivity index (χ3n) is 0. The fourth-order valence-corrected chi connectivity index (χ4v) is 0. The zero-order valence-corrected chi connectivity index (χ0v) is 10.7. The van der Waals surface area contributed by atoms with Gasteiger partial charge in [-0.2, -0.15) is 0 Å². The molecule has 0 rings (SSSR count). The van der Waals surface area contributed by atoms with Gasteiger partial charge in [0.05, 0.1) is 28.2 Å². The predicted molar refractivity (Wildman–Crippen MR) is 44.6 cm³/mol. The van der Waals surface area contributed by atoms with Crippen LogP contribution in [0.2, 0.25) is 0 Å². The Morgan fingerprint density at radius 3 is 0.750 bits per heavy atom. The molecule has 0 saturated heterocycles. The summed E-state index contributed by atoms with van der Waals surface area (Å²) in [4.78, 5) is 0. The maximum absolute atomic E-state index is 2.12. The summed E-state index contributed by atoms with van der Waals surface area (Å²) in [6.45, 7) is 0. The van der Waals surface area contributed by atoms with Gasteiger partial charge in [-0.1, -0.05) is 0 Å². The Morgan fingerprint density at radius 1 is 0.750 bits per heavy atom. The van der Waals surface area contributed by atoms with Crippen molar-refractivity contribution >= 4 is 34.0 Å². The lowest BCUT2D eigenvalue weighted by Gasteiger charge is -2.14. The molecule has 0 heterocycles. The van der Waals surface area contributed by atoms with Crippen molar-refractivity contribution < 1.29 is 21.5 Å². The summed E-state index contributed by atoms with van der Waals surface area (Å²) < 4.78 is 1.00. The van der Waals surface area contributed by atoms with Crippen LogP contribution in [0.3, 0.4) is 0 Å². The van der Waals surface area contributed by atoms with Crippen molar-refractivity contribution in [2.45, 2.75) is 0 Å². The van der Waals surface area contributed by atoms with Gasteiger partial charge in [-0.15, -0.1) is 34.0 Å². The van der Waals surface area contributed by atoms with Gasteiger partial charge in [-0.3, -0.25) is 0 Å². The minimum atomic E-state index is 0. The van der Waals surface area contributed by atoms with Gasteiger partial charge < -0.3 is 21.5 Å². The summed E-state index contributed by atoms with van der Waals surface area (Å²) >= 11 is 0. The molecular formula is C4H14Br3N. The Balaban J connectivity index is -0.0000000267. The largest absolute Gasteiger partial charge is 1.00 e. The molecule has 8 heavy (non-hydrogen) atoms. The molecule has 0 aromatic rings. The third kappa shape index (κ3) is 155. The van der Waals surface area contributed by atoms with E-state index in [2.05, 4.69) is 28.2 Å². The SMILES string of the molecule is Br.Br.C[N+](C)(C)C.[Br-]. The summed E-state index contributed by atoms with van der Waals surface area (Å²) in [6.07, 6.45) is 0. The molecule has 0 radical (unpaired) electrons. The van der Waals surface area contributed by atoms with Crippen LogP contribution in [0.4, 0.5) is 0 Å². The first-order valence-electron chi connectivity index (χ1n) is 1.79. The molecule has 0 aliphatic carbocycles. The molecule has 56 valence electrons. The van der Waals surface area contributed by atoms with E-state index in [1.54, 1.807) is 0 Å². The average molecular weight is 316 g/mol. The van der Waals surface area contributed by atoms with Crippen LogP contribution >= 0.6 is 34.0 Å². The lowest BCUT2D eigenvalue weighted by Crippen LogP contribution is -3.00. The van der Waals surface area contributed by atoms with Crippen molar-refractivity contribution in [3.63, 3.8) is 0 Å². The van der Waals surface area contributed by atoms with Crippen molar-refractivity contribution in [1.82, 2.24) is 0 Å². The van der Waals surface area contributed by atoms with Gasteiger partial charge >= 0.3 is 0 Å². The highest BCUT2D eigenvalue weighted by molar-refractivity contribution is 8.93. The van der Waals surface area contributed by atoms with Crippen LogP contribution < -0.4 is 17.0 Å². The van der Waals surface area contributed by atoms with Crippen LogP contribution in [0.1, 0.15) is 0 Å². The number of quaternary nitrogens is 1. The Bertz CT molecular complexity index is 26.8. The van der Waals surface area contributed by atoms with Crippen LogP contribution in [0, 0.1) is 0 Å². The second-order valence-corrected chi connectivity index (χ2v) is 2.68. The molecular weight excluding hydrogens is 302 g/mol. The molecule has 0 aliphatic rings. The fourth-order valence-electron chi connectivity index (χ4n) is 0. The number of halogens is 3. The smallest absolute Gasteiger partial charge is 0.0675 e. The van der Waals surface area contributed by atoms with Crippen LogP contribution in [0.15, 0.2) is 0 Å². The summed E-state index contributed by atoms with van der Waals surface area (Å²) in [6, 6.07) is 0. The molecule has 0 fully saturated rings. The highest BCUT2D eigenvalue weighted by Gasteiger charge is 1.88. The maximum atomic E-state index is 2.12. The van der Waals surface area contributed by atoms with Crippen molar-refractivity contribution in [2.24, 2.45) is 0 Å². The van der Waals surface area contributed by atoms with Gasteiger partial charge in [0.25, 0.3) is 0 Å². The van der Waals surface area contributed by atoms with E-state index in [0.29, 0.717) is 0 Å². The first-order valence-corrected chi connectivity index (χ1v) is 1.79. The van der Waals surface area contributed by atoms with E-state index in [1.807, 2.05) is 0 Å². The molecule has 0 atom stereocenters. The second-order valence-electron chi connectivity index (χ2n) is 2.68. The molecule has 0 bridgehead atoms. The summed E-state index contributed by atoms with van der Waals surface area (Å²) in [5.41, 5.74) is 0. The van der Waals surface area contributed by atoms with Crippen LogP contribution in [-0.4, -0.2) is 32.7 Å². The summed E-state index contributed by atoms with van der Waals surface area (Å²) in [5, 5.41) is 0. The molecule has 0 aromatic heterocycles. The Hall–Kier alpha value is 1.40. The second kappa shape index (κ2) is 8.40. The molecule has 0 aliphatic heterocycles. The average Bonchev–Trinajstić information content (AvgIpc) is 0.722. The Labute approximate surface area is 83.3 Å². The van der Waals surface area contributed by atoms with E-state index in [4.69, 9.17) is 0 Å². The minimum Gasteiger partial charge on any atom is -1.00 e.